The van der Waals surface area contributed by atoms with E-state index < -0.39 is 0 Å². The van der Waals surface area contributed by atoms with Crippen LogP contribution in [-0.2, 0) is 4.74 Å². The van der Waals surface area contributed by atoms with Crippen LogP contribution in [-0.4, -0.2) is 65.1 Å². The average Bonchev–Trinajstić information content (AvgIpc) is 2.74. The third kappa shape index (κ3) is 4.94. The molecule has 154 valence electrons. The smallest absolute Gasteiger partial charge is 0.409 e. The third-order valence-corrected chi connectivity index (χ3v) is 5.73. The van der Waals surface area contributed by atoms with Crippen LogP contribution in [0.1, 0.15) is 62.9 Å². The molecule has 1 N–H and O–H groups in total. The van der Waals surface area contributed by atoms with Crippen LogP contribution in [0.4, 0.5) is 10.5 Å². The predicted octanol–water partition coefficient (Wildman–Crippen LogP) is 3.52. The molecule has 0 aliphatic carbocycles. The molecule has 0 aromatic carbocycles. The molecule has 28 heavy (non-hydrogen) atoms. The van der Waals surface area contributed by atoms with E-state index in [0.717, 1.165) is 44.3 Å². The van der Waals surface area contributed by atoms with E-state index in [9.17, 15) is 9.59 Å². The molecule has 1 aromatic rings. The van der Waals surface area contributed by atoms with Gasteiger partial charge in [-0.25, -0.2) is 9.78 Å². The van der Waals surface area contributed by atoms with Gasteiger partial charge >= 0.3 is 6.09 Å². The molecule has 0 spiro atoms. The molecule has 3 heterocycles. The second-order valence-electron chi connectivity index (χ2n) is 7.59. The predicted molar refractivity (Wildman–Crippen MR) is 108 cm³/mol. The molecule has 0 bridgehead atoms. The fourth-order valence-corrected chi connectivity index (χ4v) is 4.10. The van der Waals surface area contributed by atoms with Gasteiger partial charge in [0.05, 0.1) is 18.5 Å². The second-order valence-corrected chi connectivity index (χ2v) is 7.59. The number of nitrogens with zero attached hydrogens (tertiary/aromatic N) is 3. The lowest BCUT2D eigenvalue weighted by molar-refractivity contribution is 0.0602. The molecular weight excluding hydrogens is 356 g/mol. The number of carbonyl (C=O) groups is 2. The second kappa shape index (κ2) is 9.75. The quantitative estimate of drug-likeness (QED) is 0.835. The van der Waals surface area contributed by atoms with E-state index in [1.807, 2.05) is 24.0 Å². The van der Waals surface area contributed by atoms with Crippen molar-refractivity contribution in [1.29, 1.82) is 0 Å². The summed E-state index contributed by atoms with van der Waals surface area (Å²) >= 11 is 0. The van der Waals surface area contributed by atoms with Gasteiger partial charge < -0.3 is 19.9 Å². The summed E-state index contributed by atoms with van der Waals surface area (Å²) in [5.41, 5.74) is 1.43. The minimum atomic E-state index is -0.228. The molecule has 0 radical (unpaired) electrons. The molecule has 2 aliphatic heterocycles. The van der Waals surface area contributed by atoms with Gasteiger partial charge in [-0.3, -0.25) is 4.79 Å². The first kappa shape index (κ1) is 20.4. The van der Waals surface area contributed by atoms with Crippen LogP contribution < -0.4 is 5.32 Å². The Kier molecular flexibility index (Phi) is 7.12. The molecule has 2 aliphatic rings. The minimum Gasteiger partial charge on any atom is -0.450 e. The van der Waals surface area contributed by atoms with Gasteiger partial charge in [0.25, 0.3) is 5.91 Å². The topological polar surface area (TPSA) is 74.8 Å². The molecule has 1 aromatic heterocycles. The molecule has 7 nitrogen and oxygen atoms in total. The fourth-order valence-electron chi connectivity index (χ4n) is 4.10. The van der Waals surface area contributed by atoms with Crippen molar-refractivity contribution in [2.45, 2.75) is 64.5 Å². The SMILES string of the molecule is CCOC(=O)N1CCC(Nc2ccc(C(=O)N3CCCCC3CC)nc2)CC1. The average molecular weight is 389 g/mol. The Labute approximate surface area is 167 Å². The molecule has 2 fully saturated rings. The number of hydrogen-bond acceptors (Lipinski definition) is 5. The van der Waals surface area contributed by atoms with Crippen LogP contribution in [0.15, 0.2) is 18.3 Å². The number of likely N-dealkylation sites (tertiary alicyclic amines) is 2. The van der Waals surface area contributed by atoms with Crippen LogP contribution in [0.5, 0.6) is 0 Å². The van der Waals surface area contributed by atoms with Crippen molar-refractivity contribution in [1.82, 2.24) is 14.8 Å². The first-order valence-corrected chi connectivity index (χ1v) is 10.6. The molecular formula is C21H32N4O3. The summed E-state index contributed by atoms with van der Waals surface area (Å²) in [5, 5.41) is 3.47. The lowest BCUT2D eigenvalue weighted by Gasteiger charge is -2.35. The Morgan fingerprint density at radius 1 is 1.14 bits per heavy atom. The number of nitrogens with one attached hydrogen (secondary N) is 1. The van der Waals surface area contributed by atoms with Gasteiger partial charge in [0, 0.05) is 31.7 Å². The molecule has 2 saturated heterocycles. The van der Waals surface area contributed by atoms with Crippen LogP contribution in [0.3, 0.4) is 0 Å². The zero-order valence-electron chi connectivity index (χ0n) is 17.0. The summed E-state index contributed by atoms with van der Waals surface area (Å²) in [5.74, 6) is 0.0424. The molecule has 1 unspecified atom stereocenters. The van der Waals surface area contributed by atoms with Gasteiger partial charge in [0.2, 0.25) is 0 Å². The van der Waals surface area contributed by atoms with E-state index >= 15 is 0 Å². The van der Waals surface area contributed by atoms with E-state index in [0.29, 0.717) is 37.5 Å². The maximum atomic E-state index is 12.8. The van der Waals surface area contributed by atoms with Crippen molar-refractivity contribution in [2.24, 2.45) is 0 Å². The van der Waals surface area contributed by atoms with Gasteiger partial charge in [0.15, 0.2) is 0 Å². The van der Waals surface area contributed by atoms with Crippen molar-refractivity contribution in [3.8, 4) is 0 Å². The van der Waals surface area contributed by atoms with Gasteiger partial charge in [-0.05, 0) is 57.6 Å². The first-order chi connectivity index (χ1) is 13.6. The molecule has 1 atom stereocenters. The summed E-state index contributed by atoms with van der Waals surface area (Å²) in [7, 11) is 0. The van der Waals surface area contributed by atoms with E-state index in [2.05, 4.69) is 17.2 Å². The van der Waals surface area contributed by atoms with Crippen molar-refractivity contribution in [3.63, 3.8) is 0 Å². The highest BCUT2D eigenvalue weighted by molar-refractivity contribution is 5.92. The standard InChI is InChI=1S/C21H32N4O3/c1-3-18-7-5-6-12-25(18)20(26)19-9-8-17(15-22-19)23-16-10-13-24(14-11-16)21(27)28-4-2/h8-9,15-16,18,23H,3-7,10-14H2,1-2H3. The Morgan fingerprint density at radius 2 is 1.93 bits per heavy atom. The molecule has 3 rings (SSSR count). The number of anilines is 1. The fraction of sp³-hybridized carbons (Fsp3) is 0.667. The summed E-state index contributed by atoms with van der Waals surface area (Å²) in [4.78, 5) is 32.8. The van der Waals surface area contributed by atoms with Crippen molar-refractivity contribution in [3.05, 3.63) is 24.0 Å². The normalized spacial score (nSPS) is 20.7. The summed E-state index contributed by atoms with van der Waals surface area (Å²) in [6.45, 7) is 6.58. The maximum absolute atomic E-state index is 12.8. The highest BCUT2D eigenvalue weighted by atomic mass is 16.6. The number of piperidine rings is 2. The largest absolute Gasteiger partial charge is 0.450 e. The monoisotopic (exact) mass is 388 g/mol. The molecule has 0 saturated carbocycles. The Morgan fingerprint density at radius 3 is 2.57 bits per heavy atom. The van der Waals surface area contributed by atoms with Crippen LogP contribution in [0.2, 0.25) is 0 Å². The van der Waals surface area contributed by atoms with Gasteiger partial charge in [0.1, 0.15) is 5.69 Å². The Bertz CT molecular complexity index is 656. The zero-order valence-corrected chi connectivity index (χ0v) is 17.0. The highest BCUT2D eigenvalue weighted by Gasteiger charge is 2.27. The highest BCUT2D eigenvalue weighted by Crippen LogP contribution is 2.22. The number of pyridine rings is 1. The van der Waals surface area contributed by atoms with Crippen LogP contribution in [0, 0.1) is 0 Å². The maximum Gasteiger partial charge on any atom is 0.409 e. The number of rotatable bonds is 5. The number of aromatic nitrogens is 1. The van der Waals surface area contributed by atoms with Crippen LogP contribution >= 0.6 is 0 Å². The number of hydrogen-bond donors (Lipinski definition) is 1. The lowest BCUT2D eigenvalue weighted by atomic mass is 9.99. The third-order valence-electron chi connectivity index (χ3n) is 5.73. The number of ether oxygens (including phenoxy) is 1. The molecule has 2 amide bonds. The van der Waals surface area contributed by atoms with Crippen molar-refractivity contribution >= 4 is 17.7 Å². The van der Waals surface area contributed by atoms with E-state index in [1.54, 1.807) is 11.1 Å². The Balaban J connectivity index is 1.52. The van der Waals surface area contributed by atoms with Gasteiger partial charge in [-0.2, -0.15) is 0 Å². The van der Waals surface area contributed by atoms with Gasteiger partial charge in [-0.1, -0.05) is 6.92 Å². The van der Waals surface area contributed by atoms with Crippen molar-refractivity contribution < 1.29 is 14.3 Å². The first-order valence-electron chi connectivity index (χ1n) is 10.6. The summed E-state index contributed by atoms with van der Waals surface area (Å²) in [6, 6.07) is 4.38. The van der Waals surface area contributed by atoms with E-state index in [1.165, 1.54) is 6.42 Å². The van der Waals surface area contributed by atoms with E-state index in [-0.39, 0.29) is 12.0 Å². The van der Waals surface area contributed by atoms with Crippen LogP contribution in [0.25, 0.3) is 0 Å². The summed E-state index contributed by atoms with van der Waals surface area (Å²) < 4.78 is 5.06. The minimum absolute atomic E-state index is 0.0424. The zero-order chi connectivity index (χ0) is 19.9. The van der Waals surface area contributed by atoms with E-state index in [4.69, 9.17) is 4.74 Å². The van der Waals surface area contributed by atoms with Crippen molar-refractivity contribution in [2.75, 3.05) is 31.6 Å². The number of amides is 2. The lowest BCUT2D eigenvalue weighted by Crippen LogP contribution is -2.43. The number of carbonyl (C=O) groups excluding carboxylic acids is 2. The Hall–Kier alpha value is -2.31. The summed E-state index contributed by atoms with van der Waals surface area (Å²) in [6.07, 6.45) is 7.61. The molecule has 7 heteroatoms. The van der Waals surface area contributed by atoms with Gasteiger partial charge in [-0.15, -0.1) is 0 Å².